The predicted octanol–water partition coefficient (Wildman–Crippen LogP) is -0.550. The molecule has 0 heterocycles. The third-order valence-corrected chi connectivity index (χ3v) is 2.35. The number of carbonyl (C=O) groups excluding carboxylic acids is 1. The van der Waals surface area contributed by atoms with Gasteiger partial charge < -0.3 is 20.1 Å². The van der Waals surface area contributed by atoms with E-state index < -0.39 is 11.6 Å². The van der Waals surface area contributed by atoms with Crippen LogP contribution in [0.3, 0.4) is 0 Å². The average Bonchev–Trinajstić information content (AvgIpc) is 2.16. The van der Waals surface area contributed by atoms with Crippen molar-refractivity contribution in [2.75, 3.05) is 34.4 Å². The first-order valence-corrected chi connectivity index (χ1v) is 4.96. The molecule has 1 unspecified atom stereocenters. The van der Waals surface area contributed by atoms with Gasteiger partial charge >= 0.3 is 0 Å². The zero-order valence-corrected chi connectivity index (χ0v) is 10.2. The van der Waals surface area contributed by atoms with Gasteiger partial charge in [-0.15, -0.1) is 0 Å². The molecule has 0 aliphatic rings. The summed E-state index contributed by atoms with van der Waals surface area (Å²) in [4.78, 5) is 13.3. The highest BCUT2D eigenvalue weighted by Gasteiger charge is 2.29. The molecule has 2 N–H and O–H groups in total. The first-order chi connectivity index (χ1) is 6.85. The van der Waals surface area contributed by atoms with Crippen molar-refractivity contribution < 1.29 is 14.6 Å². The molecule has 0 rings (SSSR count). The molecule has 0 fully saturated rings. The van der Waals surface area contributed by atoms with E-state index >= 15 is 0 Å². The molecule has 0 aromatic rings. The maximum atomic E-state index is 11.8. The van der Waals surface area contributed by atoms with Crippen molar-refractivity contribution in [2.45, 2.75) is 25.5 Å². The molecule has 0 saturated carbocycles. The van der Waals surface area contributed by atoms with Gasteiger partial charge in [-0.3, -0.25) is 4.79 Å². The lowest BCUT2D eigenvalue weighted by Crippen LogP contribution is -2.53. The maximum absolute atomic E-state index is 11.8. The second-order valence-corrected chi connectivity index (χ2v) is 4.17. The molecule has 0 aliphatic carbocycles. The van der Waals surface area contributed by atoms with Crippen molar-refractivity contribution in [2.24, 2.45) is 0 Å². The number of aliphatic hydroxyl groups excluding tert-OH is 1. The molecule has 1 amide bonds. The fraction of sp³-hybridized carbons (Fsp3) is 0.900. The highest BCUT2D eigenvalue weighted by Crippen LogP contribution is 2.06. The number of rotatable bonds is 6. The first-order valence-electron chi connectivity index (χ1n) is 4.96. The minimum Gasteiger partial charge on any atom is -0.389 e. The molecule has 1 atom stereocenters. The van der Waals surface area contributed by atoms with Gasteiger partial charge in [0, 0.05) is 20.7 Å². The van der Waals surface area contributed by atoms with E-state index in [9.17, 15) is 9.90 Å². The van der Waals surface area contributed by atoms with E-state index in [-0.39, 0.29) is 19.1 Å². The lowest BCUT2D eigenvalue weighted by atomic mass is 10.0. The largest absolute Gasteiger partial charge is 0.389 e. The zero-order chi connectivity index (χ0) is 12.1. The van der Waals surface area contributed by atoms with Crippen LogP contribution in [-0.2, 0) is 9.53 Å². The summed E-state index contributed by atoms with van der Waals surface area (Å²) in [5, 5.41) is 12.4. The number of nitrogens with one attached hydrogen (secondary N) is 1. The predicted molar refractivity (Wildman–Crippen MR) is 58.7 cm³/mol. The van der Waals surface area contributed by atoms with Crippen molar-refractivity contribution in [1.82, 2.24) is 10.2 Å². The number of aliphatic hydroxyl groups is 1. The van der Waals surface area contributed by atoms with Gasteiger partial charge in [0.25, 0.3) is 0 Å². The van der Waals surface area contributed by atoms with Gasteiger partial charge in [0.05, 0.1) is 18.2 Å². The number of amides is 1. The molecule has 0 radical (unpaired) electrons. The SMILES string of the molecule is CNC(C)(C)C(=O)N(C)CC(O)COC. The fourth-order valence-electron chi connectivity index (χ4n) is 1.23. The number of carbonyl (C=O) groups is 1. The first kappa shape index (κ1) is 14.3. The van der Waals surface area contributed by atoms with Gasteiger partial charge in [0.2, 0.25) is 5.91 Å². The van der Waals surface area contributed by atoms with Crippen LogP contribution >= 0.6 is 0 Å². The molecule has 0 spiro atoms. The molecular formula is C10H22N2O3. The van der Waals surface area contributed by atoms with E-state index in [0.29, 0.717) is 0 Å². The van der Waals surface area contributed by atoms with Crippen LogP contribution in [0, 0.1) is 0 Å². The Kier molecular flexibility index (Phi) is 5.79. The fourth-order valence-corrected chi connectivity index (χ4v) is 1.23. The van der Waals surface area contributed by atoms with E-state index in [1.54, 1.807) is 27.9 Å². The Labute approximate surface area is 91.4 Å². The van der Waals surface area contributed by atoms with E-state index in [4.69, 9.17) is 4.74 Å². The number of hydrogen-bond acceptors (Lipinski definition) is 4. The minimum absolute atomic E-state index is 0.0554. The van der Waals surface area contributed by atoms with Crippen molar-refractivity contribution in [1.29, 1.82) is 0 Å². The van der Waals surface area contributed by atoms with Crippen LogP contribution in [0.1, 0.15) is 13.8 Å². The topological polar surface area (TPSA) is 61.8 Å². The van der Waals surface area contributed by atoms with Crippen molar-refractivity contribution in [3.05, 3.63) is 0 Å². The molecule has 90 valence electrons. The molecule has 0 aromatic heterocycles. The third-order valence-electron chi connectivity index (χ3n) is 2.35. The Morgan fingerprint density at radius 3 is 2.53 bits per heavy atom. The van der Waals surface area contributed by atoms with Gasteiger partial charge in [0.1, 0.15) is 0 Å². The second kappa shape index (κ2) is 6.05. The maximum Gasteiger partial charge on any atom is 0.242 e. The standard InChI is InChI=1S/C10H22N2O3/c1-10(2,11-3)9(14)12(4)6-8(13)7-15-5/h8,11,13H,6-7H2,1-5H3. The smallest absolute Gasteiger partial charge is 0.242 e. The monoisotopic (exact) mass is 218 g/mol. The summed E-state index contributed by atoms with van der Waals surface area (Å²) < 4.78 is 4.79. The van der Waals surface area contributed by atoms with Gasteiger partial charge in [0.15, 0.2) is 0 Å². The molecule has 15 heavy (non-hydrogen) atoms. The Morgan fingerprint density at radius 1 is 1.60 bits per heavy atom. The van der Waals surface area contributed by atoms with E-state index in [2.05, 4.69) is 5.32 Å². The Hall–Kier alpha value is -0.650. The van der Waals surface area contributed by atoms with Crippen molar-refractivity contribution in [3.8, 4) is 0 Å². The molecular weight excluding hydrogens is 196 g/mol. The Bertz CT molecular complexity index is 207. The van der Waals surface area contributed by atoms with Crippen LogP contribution in [0.5, 0.6) is 0 Å². The van der Waals surface area contributed by atoms with Crippen LogP contribution in [0.25, 0.3) is 0 Å². The van der Waals surface area contributed by atoms with E-state index in [0.717, 1.165) is 0 Å². The van der Waals surface area contributed by atoms with Gasteiger partial charge in [-0.25, -0.2) is 0 Å². The summed E-state index contributed by atoms with van der Waals surface area (Å²) in [6.07, 6.45) is -0.642. The van der Waals surface area contributed by atoms with Crippen molar-refractivity contribution in [3.63, 3.8) is 0 Å². The number of hydrogen-bond donors (Lipinski definition) is 2. The molecule has 5 heteroatoms. The lowest BCUT2D eigenvalue weighted by molar-refractivity contribution is -0.137. The lowest BCUT2D eigenvalue weighted by Gasteiger charge is -2.30. The van der Waals surface area contributed by atoms with Crippen LogP contribution in [0.15, 0.2) is 0 Å². The van der Waals surface area contributed by atoms with E-state index in [1.165, 1.54) is 12.0 Å². The third kappa shape index (κ3) is 4.59. The summed E-state index contributed by atoms with van der Waals surface area (Å²) in [6.45, 7) is 4.11. The van der Waals surface area contributed by atoms with Crippen LogP contribution in [0.2, 0.25) is 0 Å². The summed E-state index contributed by atoms with van der Waals surface area (Å²) >= 11 is 0. The average molecular weight is 218 g/mol. The van der Waals surface area contributed by atoms with Crippen LogP contribution in [0.4, 0.5) is 0 Å². The second-order valence-electron chi connectivity index (χ2n) is 4.17. The molecule has 0 saturated heterocycles. The van der Waals surface area contributed by atoms with Gasteiger partial charge in [-0.05, 0) is 20.9 Å². The van der Waals surface area contributed by atoms with Crippen molar-refractivity contribution >= 4 is 5.91 Å². The summed E-state index contributed by atoms with van der Waals surface area (Å²) in [5.41, 5.74) is -0.610. The van der Waals surface area contributed by atoms with Gasteiger partial charge in [-0.1, -0.05) is 0 Å². The molecule has 0 aromatic carbocycles. The number of methoxy groups -OCH3 is 1. The Balaban J connectivity index is 4.21. The Morgan fingerprint density at radius 2 is 2.13 bits per heavy atom. The number of nitrogens with zero attached hydrogens (tertiary/aromatic N) is 1. The summed E-state index contributed by atoms with van der Waals surface area (Å²) in [7, 11) is 4.92. The van der Waals surface area contributed by atoms with Crippen LogP contribution in [-0.4, -0.2) is 61.9 Å². The minimum atomic E-state index is -0.642. The zero-order valence-electron chi connectivity index (χ0n) is 10.2. The highest BCUT2D eigenvalue weighted by molar-refractivity contribution is 5.85. The quantitative estimate of drug-likeness (QED) is 0.628. The van der Waals surface area contributed by atoms with Crippen LogP contribution < -0.4 is 5.32 Å². The highest BCUT2D eigenvalue weighted by atomic mass is 16.5. The molecule has 0 bridgehead atoms. The normalized spacial score (nSPS) is 13.7. The molecule has 0 aliphatic heterocycles. The molecule has 5 nitrogen and oxygen atoms in total. The summed E-state index contributed by atoms with van der Waals surface area (Å²) in [6, 6.07) is 0. The summed E-state index contributed by atoms with van der Waals surface area (Å²) in [5.74, 6) is -0.0554. The van der Waals surface area contributed by atoms with E-state index in [1.807, 2.05) is 0 Å². The number of ether oxygens (including phenoxy) is 1. The number of likely N-dealkylation sites (N-methyl/N-ethyl adjacent to an activating group) is 2. The van der Waals surface area contributed by atoms with Gasteiger partial charge in [-0.2, -0.15) is 0 Å².